The van der Waals surface area contributed by atoms with Gasteiger partial charge in [-0.25, -0.2) is 4.98 Å². The smallest absolute Gasteiger partial charge is 0.237 e. The number of aryl methyl sites for hydroxylation is 1. The number of thioether (sulfide) groups is 1. The van der Waals surface area contributed by atoms with Gasteiger partial charge in [-0.05, 0) is 55.7 Å². The van der Waals surface area contributed by atoms with Crippen LogP contribution in [-0.2, 0) is 14.4 Å². The number of amides is 3. The van der Waals surface area contributed by atoms with Gasteiger partial charge < -0.3 is 5.32 Å². The van der Waals surface area contributed by atoms with Crippen molar-refractivity contribution in [2.24, 2.45) is 11.8 Å². The van der Waals surface area contributed by atoms with E-state index in [1.54, 1.807) is 6.07 Å². The normalized spacial score (nSPS) is 20.6. The van der Waals surface area contributed by atoms with Crippen molar-refractivity contribution in [3.05, 3.63) is 48.0 Å². The van der Waals surface area contributed by atoms with Gasteiger partial charge in [-0.2, -0.15) is 0 Å². The highest BCUT2D eigenvalue weighted by molar-refractivity contribution is 8.01. The predicted molar refractivity (Wildman–Crippen MR) is 128 cm³/mol. The third kappa shape index (κ3) is 4.04. The lowest BCUT2D eigenvalue weighted by molar-refractivity contribution is -0.122. The number of aromatic nitrogens is 1. The van der Waals surface area contributed by atoms with E-state index in [0.29, 0.717) is 5.69 Å². The summed E-state index contributed by atoms with van der Waals surface area (Å²) in [5, 5.41) is 2.90. The number of carbonyl (C=O) groups is 3. The summed E-state index contributed by atoms with van der Waals surface area (Å²) in [6.07, 6.45) is 3.64. The molecule has 8 heteroatoms. The molecule has 3 amide bonds. The zero-order chi connectivity index (χ0) is 22.2. The summed E-state index contributed by atoms with van der Waals surface area (Å²) < 4.78 is 1.68. The molecular weight excluding hydrogens is 442 g/mol. The minimum atomic E-state index is -0.161. The molecule has 2 heterocycles. The first-order chi connectivity index (χ1) is 15.5. The number of benzene rings is 2. The third-order valence-electron chi connectivity index (χ3n) is 6.08. The number of thiazole rings is 1. The van der Waals surface area contributed by atoms with Crippen LogP contribution in [0.1, 0.15) is 31.2 Å². The summed E-state index contributed by atoms with van der Waals surface area (Å²) in [5.41, 5.74) is 3.30. The molecule has 6 nitrogen and oxygen atoms in total. The lowest BCUT2D eigenvalue weighted by atomic mass is 9.81. The van der Waals surface area contributed by atoms with Crippen LogP contribution in [0.2, 0.25) is 0 Å². The van der Waals surface area contributed by atoms with Crippen molar-refractivity contribution in [2.45, 2.75) is 36.9 Å². The molecule has 1 saturated heterocycles. The van der Waals surface area contributed by atoms with Gasteiger partial charge >= 0.3 is 0 Å². The van der Waals surface area contributed by atoms with Crippen LogP contribution >= 0.6 is 23.1 Å². The van der Waals surface area contributed by atoms with Crippen molar-refractivity contribution >= 4 is 62.4 Å². The van der Waals surface area contributed by atoms with Gasteiger partial charge in [0.1, 0.15) is 0 Å². The summed E-state index contributed by atoms with van der Waals surface area (Å²) in [7, 11) is 0. The molecule has 1 aliphatic heterocycles. The number of nitrogens with zero attached hydrogens (tertiary/aromatic N) is 2. The van der Waals surface area contributed by atoms with Gasteiger partial charge in [0.25, 0.3) is 0 Å². The SMILES string of the molecule is Cc1cccc(NC(=O)CSc2nc3ccc(N4C(=O)[C@@H]5CCCC[C@H]5C4=O)cc3s2)c1. The fourth-order valence-corrected chi connectivity index (χ4v) is 6.46. The monoisotopic (exact) mass is 465 g/mol. The molecule has 0 spiro atoms. The van der Waals surface area contributed by atoms with Crippen molar-refractivity contribution in [3.63, 3.8) is 0 Å². The van der Waals surface area contributed by atoms with E-state index in [2.05, 4.69) is 10.3 Å². The number of carbonyl (C=O) groups excluding carboxylic acids is 3. The van der Waals surface area contributed by atoms with Gasteiger partial charge in [0, 0.05) is 5.69 Å². The Balaban J connectivity index is 1.28. The second kappa shape index (κ2) is 8.67. The summed E-state index contributed by atoms with van der Waals surface area (Å²) in [4.78, 5) is 44.0. The number of imide groups is 1. The van der Waals surface area contributed by atoms with E-state index in [9.17, 15) is 14.4 Å². The van der Waals surface area contributed by atoms with Crippen LogP contribution in [0, 0.1) is 18.8 Å². The fraction of sp³-hybridized carbons (Fsp3) is 0.333. The minimum absolute atomic E-state index is 0.0639. The average molecular weight is 466 g/mol. The van der Waals surface area contributed by atoms with Gasteiger partial charge in [0.2, 0.25) is 17.7 Å². The highest BCUT2D eigenvalue weighted by Crippen LogP contribution is 2.41. The zero-order valence-electron chi connectivity index (χ0n) is 17.7. The standard InChI is InChI=1S/C24H23N3O3S2/c1-14-5-4-6-15(11-14)25-21(28)13-31-24-26-19-10-9-16(12-20(19)32-24)27-22(29)17-7-2-3-8-18(17)23(27)30/h4-6,9-12,17-18H,2-3,7-8,13H2,1H3,(H,25,28)/t17-,18-/m1/s1. The first kappa shape index (κ1) is 21.2. The Morgan fingerprint density at radius 1 is 1.12 bits per heavy atom. The number of nitrogens with one attached hydrogen (secondary N) is 1. The number of hydrogen-bond donors (Lipinski definition) is 1. The van der Waals surface area contributed by atoms with Crippen molar-refractivity contribution in [1.82, 2.24) is 4.98 Å². The molecule has 3 aromatic rings. The molecule has 0 radical (unpaired) electrons. The van der Waals surface area contributed by atoms with Crippen LogP contribution in [0.4, 0.5) is 11.4 Å². The molecule has 5 rings (SSSR count). The molecule has 2 atom stereocenters. The molecule has 1 aliphatic carbocycles. The zero-order valence-corrected chi connectivity index (χ0v) is 19.3. The molecule has 2 aliphatic rings. The first-order valence-electron chi connectivity index (χ1n) is 10.8. The van der Waals surface area contributed by atoms with E-state index in [0.717, 1.165) is 51.5 Å². The van der Waals surface area contributed by atoms with Gasteiger partial charge in [-0.1, -0.05) is 36.7 Å². The van der Waals surface area contributed by atoms with Crippen molar-refractivity contribution < 1.29 is 14.4 Å². The number of fused-ring (bicyclic) bond motifs is 2. The second-order valence-electron chi connectivity index (χ2n) is 8.35. The number of anilines is 2. The molecule has 1 aromatic heterocycles. The molecule has 164 valence electrons. The molecule has 1 N–H and O–H groups in total. The van der Waals surface area contributed by atoms with Gasteiger partial charge in [0.15, 0.2) is 4.34 Å². The quantitative estimate of drug-likeness (QED) is 0.423. The Morgan fingerprint density at radius 3 is 2.59 bits per heavy atom. The van der Waals surface area contributed by atoms with E-state index in [-0.39, 0.29) is 35.3 Å². The van der Waals surface area contributed by atoms with Crippen LogP contribution in [0.25, 0.3) is 10.2 Å². The van der Waals surface area contributed by atoms with E-state index in [1.165, 1.54) is 28.0 Å². The predicted octanol–water partition coefficient (Wildman–Crippen LogP) is 5.02. The Labute approximate surface area is 194 Å². The lowest BCUT2D eigenvalue weighted by Gasteiger charge is -2.19. The highest BCUT2D eigenvalue weighted by atomic mass is 32.2. The van der Waals surface area contributed by atoms with Crippen LogP contribution in [0.3, 0.4) is 0 Å². The third-order valence-corrected chi connectivity index (χ3v) is 8.24. The molecule has 0 unspecified atom stereocenters. The van der Waals surface area contributed by atoms with Gasteiger partial charge in [0.05, 0.1) is 33.5 Å². The van der Waals surface area contributed by atoms with E-state index in [1.807, 2.05) is 43.3 Å². The Morgan fingerprint density at radius 2 is 1.88 bits per heavy atom. The van der Waals surface area contributed by atoms with Crippen LogP contribution in [0.15, 0.2) is 46.8 Å². The van der Waals surface area contributed by atoms with Gasteiger partial charge in [-0.15, -0.1) is 11.3 Å². The van der Waals surface area contributed by atoms with Crippen molar-refractivity contribution in [2.75, 3.05) is 16.0 Å². The fourth-order valence-electron chi connectivity index (χ4n) is 4.56. The molecule has 2 aromatic carbocycles. The Hall–Kier alpha value is -2.71. The van der Waals surface area contributed by atoms with Crippen LogP contribution < -0.4 is 10.2 Å². The first-order valence-corrected chi connectivity index (χ1v) is 12.6. The minimum Gasteiger partial charge on any atom is -0.325 e. The number of hydrogen-bond acceptors (Lipinski definition) is 6. The second-order valence-corrected chi connectivity index (χ2v) is 10.6. The summed E-state index contributed by atoms with van der Waals surface area (Å²) in [6.45, 7) is 1.98. The topological polar surface area (TPSA) is 79.4 Å². The molecular formula is C24H23N3O3S2. The average Bonchev–Trinajstić information content (AvgIpc) is 3.30. The largest absolute Gasteiger partial charge is 0.325 e. The summed E-state index contributed by atoms with van der Waals surface area (Å²) in [6, 6.07) is 13.2. The Bertz CT molecular complexity index is 1200. The van der Waals surface area contributed by atoms with E-state index in [4.69, 9.17) is 0 Å². The van der Waals surface area contributed by atoms with Gasteiger partial charge in [-0.3, -0.25) is 19.3 Å². The molecule has 2 fully saturated rings. The van der Waals surface area contributed by atoms with Crippen molar-refractivity contribution in [3.8, 4) is 0 Å². The van der Waals surface area contributed by atoms with Crippen molar-refractivity contribution in [1.29, 1.82) is 0 Å². The van der Waals surface area contributed by atoms with Crippen LogP contribution in [0.5, 0.6) is 0 Å². The van der Waals surface area contributed by atoms with E-state index < -0.39 is 0 Å². The Kier molecular flexibility index (Phi) is 5.73. The molecule has 1 saturated carbocycles. The summed E-state index contributed by atoms with van der Waals surface area (Å²) >= 11 is 2.85. The van der Waals surface area contributed by atoms with Crippen LogP contribution in [-0.4, -0.2) is 28.5 Å². The van der Waals surface area contributed by atoms with E-state index >= 15 is 0 Å². The molecule has 32 heavy (non-hydrogen) atoms. The maximum atomic E-state index is 12.9. The maximum Gasteiger partial charge on any atom is 0.237 e. The number of rotatable bonds is 5. The lowest BCUT2D eigenvalue weighted by Crippen LogP contribution is -2.30. The summed E-state index contributed by atoms with van der Waals surface area (Å²) in [5.74, 6) is -0.279. The molecule has 0 bridgehead atoms. The maximum absolute atomic E-state index is 12.9. The highest BCUT2D eigenvalue weighted by Gasteiger charge is 2.48.